The van der Waals surface area contributed by atoms with Gasteiger partial charge in [-0.25, -0.2) is 0 Å². The van der Waals surface area contributed by atoms with E-state index >= 15 is 0 Å². The lowest BCUT2D eigenvalue weighted by molar-refractivity contribution is -0.254. The molecule has 0 unspecified atom stereocenters. The van der Waals surface area contributed by atoms with E-state index in [1.807, 2.05) is 12.1 Å². The maximum atomic E-state index is 12.5. The van der Waals surface area contributed by atoms with Gasteiger partial charge in [0.05, 0.1) is 5.97 Å². The molecule has 0 aliphatic heterocycles. The van der Waals surface area contributed by atoms with Crippen LogP contribution in [-0.2, 0) is 6.42 Å². The maximum absolute atomic E-state index is 12.5. The van der Waals surface area contributed by atoms with Gasteiger partial charge in [0, 0.05) is 5.56 Å². The first-order valence-electron chi connectivity index (χ1n) is 11.0. The minimum atomic E-state index is -2.99. The van der Waals surface area contributed by atoms with Crippen LogP contribution in [0.3, 0.4) is 0 Å². The first-order chi connectivity index (χ1) is 15.5. The van der Waals surface area contributed by atoms with Crippen LogP contribution in [0.5, 0.6) is 5.75 Å². The van der Waals surface area contributed by atoms with Crippen molar-refractivity contribution in [1.82, 2.24) is 0 Å². The van der Waals surface area contributed by atoms with Crippen LogP contribution in [0.4, 0.5) is 8.78 Å². The third-order valence-corrected chi connectivity index (χ3v) is 5.49. The Hall–Kier alpha value is -3.21. The lowest BCUT2D eigenvalue weighted by Gasteiger charge is -2.14. The van der Waals surface area contributed by atoms with E-state index < -0.39 is 12.6 Å². The smallest absolute Gasteiger partial charge is 0.387 e. The maximum Gasteiger partial charge on any atom is 0.387 e. The third kappa shape index (κ3) is 6.39. The van der Waals surface area contributed by atoms with E-state index in [4.69, 9.17) is 0 Å². The van der Waals surface area contributed by atoms with E-state index in [0.717, 1.165) is 17.5 Å². The summed E-state index contributed by atoms with van der Waals surface area (Å²) in [5.74, 6) is -1.48. The van der Waals surface area contributed by atoms with Gasteiger partial charge in [0.1, 0.15) is 5.75 Å². The number of carbonyl (C=O) groups is 1. The van der Waals surface area contributed by atoms with Crippen molar-refractivity contribution in [2.24, 2.45) is 0 Å². The molecule has 0 N–H and O–H groups in total. The first kappa shape index (κ1) is 23.5. The molecule has 0 bridgehead atoms. The molecule has 0 atom stereocenters. The normalized spacial score (nSPS) is 11.0. The Morgan fingerprint density at radius 3 is 2.03 bits per heavy atom. The fraction of sp³-hybridized carbons (Fsp3) is 0.296. The van der Waals surface area contributed by atoms with Gasteiger partial charge in [0.15, 0.2) is 0 Å². The number of carboxylic acid groups (broad SMARTS) is 1. The van der Waals surface area contributed by atoms with Gasteiger partial charge in [-0.15, -0.1) is 0 Å². The van der Waals surface area contributed by atoms with Crippen molar-refractivity contribution in [3.8, 4) is 28.0 Å². The van der Waals surface area contributed by atoms with E-state index in [9.17, 15) is 18.7 Å². The number of alkyl halides is 2. The zero-order valence-electron chi connectivity index (χ0n) is 18.2. The summed E-state index contributed by atoms with van der Waals surface area (Å²) in [7, 11) is 0. The molecule has 0 saturated carbocycles. The van der Waals surface area contributed by atoms with Crippen LogP contribution >= 0.6 is 0 Å². The molecule has 0 aromatic heterocycles. The second-order valence-corrected chi connectivity index (χ2v) is 7.81. The highest BCUT2D eigenvalue weighted by atomic mass is 19.3. The average Bonchev–Trinajstić information content (AvgIpc) is 2.79. The molecule has 0 saturated heterocycles. The fourth-order valence-electron chi connectivity index (χ4n) is 3.76. The van der Waals surface area contributed by atoms with Gasteiger partial charge < -0.3 is 14.6 Å². The standard InChI is InChI=1S/C27H28F2O3/c1-2-3-4-5-6-7-19-8-10-20(11-9-19)21-12-14-22(15-13-21)25-18-23(32-27(28)29)16-17-24(25)26(30)31/h8-18,27H,2-7H2,1H3,(H,30,31)/p-1. The summed E-state index contributed by atoms with van der Waals surface area (Å²) < 4.78 is 29.5. The van der Waals surface area contributed by atoms with Crippen LogP contribution in [0.15, 0.2) is 66.7 Å². The Labute approximate surface area is 187 Å². The molecule has 3 aromatic carbocycles. The molecule has 0 amide bonds. The van der Waals surface area contributed by atoms with E-state index in [2.05, 4.69) is 35.9 Å². The number of aryl methyl sites for hydroxylation is 1. The van der Waals surface area contributed by atoms with Crippen LogP contribution in [0.1, 0.15) is 54.9 Å². The molecule has 168 valence electrons. The SMILES string of the molecule is CCCCCCCc1ccc(-c2ccc(-c3cc(OC(F)F)ccc3C(=O)[O-])cc2)cc1. The molecular formula is C27H27F2O3-. The highest BCUT2D eigenvalue weighted by Gasteiger charge is 2.11. The Bertz CT molecular complexity index is 1010. The van der Waals surface area contributed by atoms with Crippen molar-refractivity contribution in [2.45, 2.75) is 52.1 Å². The van der Waals surface area contributed by atoms with Gasteiger partial charge in [0.2, 0.25) is 0 Å². The largest absolute Gasteiger partial charge is 0.545 e. The van der Waals surface area contributed by atoms with Crippen molar-refractivity contribution in [3.63, 3.8) is 0 Å². The second-order valence-electron chi connectivity index (χ2n) is 7.81. The van der Waals surface area contributed by atoms with Crippen molar-refractivity contribution in [2.75, 3.05) is 0 Å². The number of hydrogen-bond donors (Lipinski definition) is 0. The minimum absolute atomic E-state index is 0.0809. The zero-order valence-corrected chi connectivity index (χ0v) is 18.2. The van der Waals surface area contributed by atoms with E-state index in [0.29, 0.717) is 5.56 Å². The predicted molar refractivity (Wildman–Crippen MR) is 121 cm³/mol. The number of unbranched alkanes of at least 4 members (excludes halogenated alkanes) is 4. The summed E-state index contributed by atoms with van der Waals surface area (Å²) in [6.07, 6.45) is 7.36. The first-order valence-corrected chi connectivity index (χ1v) is 11.0. The molecule has 3 nitrogen and oxygen atoms in total. The summed E-state index contributed by atoms with van der Waals surface area (Å²) in [5.41, 5.74) is 4.13. The van der Waals surface area contributed by atoms with Crippen LogP contribution in [0.2, 0.25) is 0 Å². The van der Waals surface area contributed by atoms with Gasteiger partial charge >= 0.3 is 6.61 Å². The van der Waals surface area contributed by atoms with Crippen molar-refractivity contribution >= 4 is 5.97 Å². The van der Waals surface area contributed by atoms with Crippen molar-refractivity contribution in [3.05, 3.63) is 77.9 Å². The summed E-state index contributed by atoms with van der Waals surface area (Å²) in [6.45, 7) is -0.773. The molecule has 0 radical (unpaired) electrons. The van der Waals surface area contributed by atoms with Crippen LogP contribution in [-0.4, -0.2) is 12.6 Å². The van der Waals surface area contributed by atoms with Gasteiger partial charge in [-0.3, -0.25) is 0 Å². The van der Waals surface area contributed by atoms with Crippen LogP contribution in [0.25, 0.3) is 22.3 Å². The molecule has 0 heterocycles. The Balaban J connectivity index is 1.74. The monoisotopic (exact) mass is 437 g/mol. The number of ether oxygens (including phenoxy) is 1. The van der Waals surface area contributed by atoms with Crippen LogP contribution < -0.4 is 9.84 Å². The molecule has 0 aliphatic rings. The van der Waals surface area contributed by atoms with Crippen molar-refractivity contribution in [1.29, 1.82) is 0 Å². The molecule has 0 aliphatic carbocycles. The Morgan fingerprint density at radius 1 is 0.844 bits per heavy atom. The summed E-state index contributed by atoms with van der Waals surface area (Å²) >= 11 is 0. The minimum Gasteiger partial charge on any atom is -0.545 e. The summed E-state index contributed by atoms with van der Waals surface area (Å²) in [4.78, 5) is 11.5. The van der Waals surface area contributed by atoms with Gasteiger partial charge in [-0.05, 0) is 58.9 Å². The highest BCUT2D eigenvalue weighted by molar-refractivity contribution is 5.95. The average molecular weight is 438 g/mol. The van der Waals surface area contributed by atoms with E-state index in [1.165, 1.54) is 55.9 Å². The molecule has 0 spiro atoms. The quantitative estimate of drug-likeness (QED) is 0.322. The lowest BCUT2D eigenvalue weighted by Crippen LogP contribution is -2.23. The topological polar surface area (TPSA) is 49.4 Å². The lowest BCUT2D eigenvalue weighted by atomic mass is 9.96. The molecule has 3 rings (SSSR count). The highest BCUT2D eigenvalue weighted by Crippen LogP contribution is 2.31. The summed E-state index contributed by atoms with van der Waals surface area (Å²) in [6, 6.07) is 19.5. The molecular weight excluding hydrogens is 410 g/mol. The van der Waals surface area contributed by atoms with E-state index in [-0.39, 0.29) is 16.9 Å². The molecule has 3 aromatic rings. The van der Waals surface area contributed by atoms with Crippen molar-refractivity contribution < 1.29 is 23.4 Å². The Morgan fingerprint density at radius 2 is 1.44 bits per heavy atom. The summed E-state index contributed by atoms with van der Waals surface area (Å²) in [5, 5.41) is 11.5. The zero-order chi connectivity index (χ0) is 22.9. The van der Waals surface area contributed by atoms with Crippen LogP contribution in [0, 0.1) is 0 Å². The fourth-order valence-corrected chi connectivity index (χ4v) is 3.76. The molecule has 5 heteroatoms. The van der Waals surface area contributed by atoms with E-state index in [1.54, 1.807) is 12.1 Å². The number of benzene rings is 3. The number of carbonyl (C=O) groups excluding carboxylic acids is 1. The Kier molecular flexibility index (Phi) is 8.37. The number of aromatic carboxylic acids is 1. The van der Waals surface area contributed by atoms with Gasteiger partial charge in [0.25, 0.3) is 0 Å². The van der Waals surface area contributed by atoms with Gasteiger partial charge in [-0.2, -0.15) is 8.78 Å². The number of halogens is 2. The number of rotatable bonds is 11. The number of hydrogen-bond acceptors (Lipinski definition) is 3. The predicted octanol–water partition coefficient (Wildman–Crippen LogP) is 6.50. The number of carboxylic acids is 1. The third-order valence-electron chi connectivity index (χ3n) is 5.49. The molecule has 32 heavy (non-hydrogen) atoms. The van der Waals surface area contributed by atoms with Gasteiger partial charge in [-0.1, -0.05) is 81.1 Å². The molecule has 0 fully saturated rings. The second kappa shape index (κ2) is 11.4.